The number of oxime groups is 1. The van der Waals surface area contributed by atoms with Gasteiger partial charge in [0, 0.05) is 35.6 Å². The van der Waals surface area contributed by atoms with E-state index in [1.54, 1.807) is 11.5 Å². The van der Waals surface area contributed by atoms with Crippen LogP contribution in [0.15, 0.2) is 52.0 Å². The Morgan fingerprint density at radius 3 is 2.74 bits per heavy atom. The van der Waals surface area contributed by atoms with Crippen molar-refractivity contribution in [3.05, 3.63) is 52.6 Å². The molecule has 0 unspecified atom stereocenters. The van der Waals surface area contributed by atoms with Crippen LogP contribution in [-0.4, -0.2) is 84.2 Å². The van der Waals surface area contributed by atoms with Crippen molar-refractivity contribution in [1.29, 1.82) is 0 Å². The van der Waals surface area contributed by atoms with Crippen molar-refractivity contribution in [2.75, 3.05) is 22.9 Å². The number of fused-ring (bicyclic) bond motifs is 1. The van der Waals surface area contributed by atoms with E-state index in [9.17, 15) is 24.3 Å². The van der Waals surface area contributed by atoms with Crippen molar-refractivity contribution in [2.45, 2.75) is 49.6 Å². The third kappa shape index (κ3) is 5.22. The van der Waals surface area contributed by atoms with Crippen LogP contribution in [0.1, 0.15) is 37.8 Å². The zero-order valence-corrected chi connectivity index (χ0v) is 23.8. The van der Waals surface area contributed by atoms with Gasteiger partial charge >= 0.3 is 5.97 Å². The molecule has 4 aliphatic rings. The number of carboxylic acid groups (broad SMARTS) is 1. The highest BCUT2D eigenvalue weighted by molar-refractivity contribution is 8.00. The van der Waals surface area contributed by atoms with Crippen molar-refractivity contribution in [2.24, 2.45) is 5.16 Å². The Bertz CT molecular complexity index is 1530. The van der Waals surface area contributed by atoms with Crippen LogP contribution in [0, 0.1) is 0 Å². The van der Waals surface area contributed by atoms with Crippen molar-refractivity contribution in [3.63, 3.8) is 0 Å². The Morgan fingerprint density at radius 2 is 2.05 bits per heavy atom. The molecule has 14 nitrogen and oxygen atoms in total. The molecule has 4 N–H and O–H groups in total. The summed E-state index contributed by atoms with van der Waals surface area (Å²) in [5.74, 6) is -2.22. The molecule has 5 heterocycles. The van der Waals surface area contributed by atoms with Crippen molar-refractivity contribution < 1.29 is 29.1 Å². The van der Waals surface area contributed by atoms with Gasteiger partial charge in [-0.3, -0.25) is 29.2 Å². The predicted molar refractivity (Wildman–Crippen MR) is 153 cm³/mol. The highest BCUT2D eigenvalue weighted by Gasteiger charge is 2.54. The van der Waals surface area contributed by atoms with Gasteiger partial charge in [0.25, 0.3) is 17.7 Å². The number of nitrogen functional groups attached to an aromatic ring is 1. The maximum atomic E-state index is 13.3. The standard InChI is InChI=1S/C26H26N8O6S2/c27-26-30-16(12-42-26)18(32-40-15-3-1-2-4-15)21(35)31-19-23(37)34-20(25(38)39)14(11-41-24(19)34)9-13-5-8-33(22(13)36)17-10-28-6-7-29-17/h6-7,9-10,12,15,19,24H,1-5,8,11H2,(H2,27,30)(H,31,35)(H,38,39)/b13-9+,32-18-/t19-,24-/m1/s1. The molecule has 2 saturated heterocycles. The number of rotatable bonds is 8. The van der Waals surface area contributed by atoms with E-state index in [1.165, 1.54) is 35.3 Å². The average molecular weight is 611 g/mol. The number of anilines is 2. The lowest BCUT2D eigenvalue weighted by Crippen LogP contribution is -2.71. The maximum Gasteiger partial charge on any atom is 0.352 e. The molecule has 2 aromatic rings. The largest absolute Gasteiger partial charge is 0.477 e. The van der Waals surface area contributed by atoms with E-state index >= 15 is 0 Å². The van der Waals surface area contributed by atoms with Crippen LogP contribution in [-0.2, 0) is 24.0 Å². The molecule has 16 heteroatoms. The van der Waals surface area contributed by atoms with Crippen LogP contribution in [0.2, 0.25) is 0 Å². The van der Waals surface area contributed by atoms with E-state index in [-0.39, 0.29) is 40.0 Å². The van der Waals surface area contributed by atoms with Crippen LogP contribution in [0.5, 0.6) is 0 Å². The summed E-state index contributed by atoms with van der Waals surface area (Å²) in [4.78, 5) is 72.5. The number of carbonyl (C=O) groups is 4. The van der Waals surface area contributed by atoms with Gasteiger partial charge in [0.2, 0.25) is 0 Å². The van der Waals surface area contributed by atoms with Crippen molar-refractivity contribution in [3.8, 4) is 0 Å². The number of aromatic nitrogens is 3. The Labute approximate surface area is 247 Å². The minimum absolute atomic E-state index is 0.103. The maximum absolute atomic E-state index is 13.3. The van der Waals surface area contributed by atoms with E-state index in [0.29, 0.717) is 29.9 Å². The molecule has 1 aliphatic carbocycles. The first kappa shape index (κ1) is 27.8. The SMILES string of the molecule is Nc1nc(/C(=N/OC2CCCC2)C(=O)N[C@@H]2C(=O)N3C(C(=O)O)=C(/C=C4\CCN(c5cnccn5)C4=O)CS[C@H]23)cs1. The summed E-state index contributed by atoms with van der Waals surface area (Å²) < 4.78 is 0. The number of allylic oxidation sites excluding steroid dienone is 1. The summed E-state index contributed by atoms with van der Waals surface area (Å²) in [5, 5.41) is 18.0. The second kappa shape index (κ2) is 11.5. The van der Waals surface area contributed by atoms with Gasteiger partial charge in [-0.15, -0.1) is 23.1 Å². The van der Waals surface area contributed by atoms with Crippen LogP contribution >= 0.6 is 23.1 Å². The molecule has 3 amide bonds. The normalized spacial score (nSPS) is 23.8. The number of nitrogens with zero attached hydrogens (tertiary/aromatic N) is 6. The van der Waals surface area contributed by atoms with Crippen LogP contribution < -0.4 is 16.0 Å². The average Bonchev–Trinajstić information content (AvgIpc) is 3.74. The van der Waals surface area contributed by atoms with Gasteiger partial charge in [0.05, 0.1) is 6.20 Å². The van der Waals surface area contributed by atoms with Gasteiger partial charge in [-0.2, -0.15) is 0 Å². The van der Waals surface area contributed by atoms with Crippen LogP contribution in [0.4, 0.5) is 10.9 Å². The number of carbonyl (C=O) groups excluding carboxylic acids is 3. The predicted octanol–water partition coefficient (Wildman–Crippen LogP) is 1.28. The minimum Gasteiger partial charge on any atom is -0.477 e. The van der Waals surface area contributed by atoms with E-state index < -0.39 is 29.2 Å². The molecular formula is C26H26N8O6S2. The highest BCUT2D eigenvalue weighted by Crippen LogP contribution is 2.41. The van der Waals surface area contributed by atoms with Gasteiger partial charge in [0.15, 0.2) is 16.7 Å². The van der Waals surface area contributed by atoms with Crippen LogP contribution in [0.25, 0.3) is 0 Å². The summed E-state index contributed by atoms with van der Waals surface area (Å²) in [6, 6.07) is -0.987. The lowest BCUT2D eigenvalue weighted by Gasteiger charge is -2.49. The van der Waals surface area contributed by atoms with E-state index in [1.807, 2.05) is 0 Å². The van der Waals surface area contributed by atoms with Crippen molar-refractivity contribution in [1.82, 2.24) is 25.2 Å². The molecule has 2 atom stereocenters. The summed E-state index contributed by atoms with van der Waals surface area (Å²) in [6.07, 6.45) is 10.0. The highest BCUT2D eigenvalue weighted by atomic mass is 32.2. The van der Waals surface area contributed by atoms with E-state index in [0.717, 1.165) is 41.9 Å². The lowest BCUT2D eigenvalue weighted by molar-refractivity contribution is -0.150. The Morgan fingerprint density at radius 1 is 1.24 bits per heavy atom. The molecule has 3 fully saturated rings. The van der Waals surface area contributed by atoms with E-state index in [4.69, 9.17) is 10.6 Å². The minimum atomic E-state index is -1.30. The fraction of sp³-hybridized carbons (Fsp3) is 0.385. The van der Waals surface area contributed by atoms with Crippen molar-refractivity contribution >= 4 is 63.5 Å². The zero-order valence-electron chi connectivity index (χ0n) is 22.1. The number of nitrogens with two attached hydrogens (primary N) is 1. The van der Waals surface area contributed by atoms with Gasteiger partial charge in [0.1, 0.15) is 28.9 Å². The third-order valence-corrected chi connectivity index (χ3v) is 9.34. The molecule has 0 radical (unpaired) electrons. The molecule has 0 aromatic carbocycles. The summed E-state index contributed by atoms with van der Waals surface area (Å²) in [6.45, 7) is 0.380. The molecule has 42 heavy (non-hydrogen) atoms. The molecule has 3 aliphatic heterocycles. The summed E-state index contributed by atoms with van der Waals surface area (Å²) in [7, 11) is 0. The number of amides is 3. The number of aliphatic carboxylic acids is 1. The first-order valence-electron chi connectivity index (χ1n) is 13.3. The number of hydrogen-bond acceptors (Lipinski definition) is 12. The molecular weight excluding hydrogens is 584 g/mol. The fourth-order valence-electron chi connectivity index (χ4n) is 5.29. The Hall–Kier alpha value is -4.31. The second-order valence-corrected chi connectivity index (χ2v) is 12.0. The topological polar surface area (TPSA) is 193 Å². The van der Waals surface area contributed by atoms with E-state index in [2.05, 4.69) is 25.4 Å². The Kier molecular flexibility index (Phi) is 7.64. The molecule has 0 spiro atoms. The number of carboxylic acids is 1. The first-order valence-corrected chi connectivity index (χ1v) is 15.2. The molecule has 218 valence electrons. The first-order chi connectivity index (χ1) is 20.3. The molecule has 2 aromatic heterocycles. The number of β-lactam (4-membered cyclic amide) rings is 1. The fourth-order valence-corrected chi connectivity index (χ4v) is 7.15. The summed E-state index contributed by atoms with van der Waals surface area (Å²) in [5.41, 5.74) is 6.44. The summed E-state index contributed by atoms with van der Waals surface area (Å²) >= 11 is 2.44. The lowest BCUT2D eigenvalue weighted by atomic mass is 10.0. The smallest absolute Gasteiger partial charge is 0.352 e. The van der Waals surface area contributed by atoms with Gasteiger partial charge in [-0.05, 0) is 43.8 Å². The molecule has 0 bridgehead atoms. The monoisotopic (exact) mass is 610 g/mol. The number of thiazole rings is 1. The Balaban J connectivity index is 1.20. The molecule has 1 saturated carbocycles. The van der Waals surface area contributed by atoms with Gasteiger partial charge in [-0.1, -0.05) is 5.16 Å². The number of nitrogens with one attached hydrogen (secondary N) is 1. The second-order valence-electron chi connectivity index (χ2n) is 10.0. The van der Waals surface area contributed by atoms with Gasteiger partial charge < -0.3 is 21.0 Å². The van der Waals surface area contributed by atoms with Gasteiger partial charge in [-0.25, -0.2) is 14.8 Å². The molecule has 6 rings (SSSR count). The zero-order chi connectivity index (χ0) is 29.4. The van der Waals surface area contributed by atoms with Crippen LogP contribution in [0.3, 0.4) is 0 Å². The number of hydrogen-bond donors (Lipinski definition) is 3. The third-order valence-electron chi connectivity index (χ3n) is 7.36. The quantitative estimate of drug-likeness (QED) is 0.169. The number of thioether (sulfide) groups is 1.